The zero-order valence-corrected chi connectivity index (χ0v) is 43.0. The van der Waals surface area contributed by atoms with E-state index >= 15 is 0 Å². The molecular weight excluding hydrogens is 917 g/mol. The van der Waals surface area contributed by atoms with E-state index in [4.69, 9.17) is 0 Å². The van der Waals surface area contributed by atoms with Gasteiger partial charge in [-0.25, -0.2) is 0 Å². The number of nitrogens with zero attached hydrogens (tertiary/aromatic N) is 4. The van der Waals surface area contributed by atoms with Crippen LogP contribution < -0.4 is 31.9 Å². The second-order valence-electron chi connectivity index (χ2n) is 20.1. The van der Waals surface area contributed by atoms with Crippen molar-refractivity contribution in [2.75, 3.05) is 53.4 Å². The Kier molecular flexibility index (Phi) is 21.4. The Morgan fingerprint density at radius 1 is 0.528 bits per heavy atom. The molecule has 4 aliphatic heterocycles. The van der Waals surface area contributed by atoms with Gasteiger partial charge in [0.15, 0.2) is 0 Å². The zero-order chi connectivity index (χ0) is 51.6. The van der Waals surface area contributed by atoms with Crippen LogP contribution in [0, 0.1) is 0 Å². The van der Waals surface area contributed by atoms with Crippen molar-refractivity contribution in [3.05, 3.63) is 71.8 Å². The van der Waals surface area contributed by atoms with E-state index in [9.17, 15) is 38.4 Å². The van der Waals surface area contributed by atoms with Crippen LogP contribution in [0.4, 0.5) is 0 Å². The zero-order valence-electron chi connectivity index (χ0n) is 43.0. The lowest BCUT2D eigenvalue weighted by Crippen LogP contribution is -2.62. The van der Waals surface area contributed by atoms with Gasteiger partial charge in [-0.15, -0.1) is 0 Å². The Bertz CT molecular complexity index is 2000. The van der Waals surface area contributed by atoms with Gasteiger partial charge < -0.3 is 51.5 Å². The van der Waals surface area contributed by atoms with E-state index in [1.807, 2.05) is 60.7 Å². The largest absolute Gasteiger partial charge is 0.354 e. The van der Waals surface area contributed by atoms with Crippen LogP contribution in [0.5, 0.6) is 0 Å². The highest BCUT2D eigenvalue weighted by molar-refractivity contribution is 5.95. The number of fused-ring (bicyclic) bond motifs is 2. The second-order valence-corrected chi connectivity index (χ2v) is 20.1. The fourth-order valence-corrected chi connectivity index (χ4v) is 10.5. The van der Waals surface area contributed by atoms with Crippen molar-refractivity contribution in [3.8, 4) is 0 Å². The molecule has 6 N–H and O–H groups in total. The average molecular weight is 997 g/mol. The van der Waals surface area contributed by atoms with Crippen LogP contribution in [0.2, 0.25) is 0 Å². The molecule has 0 bridgehead atoms. The Labute approximate surface area is 425 Å². The molecule has 2 aromatic rings. The number of nitrogens with one attached hydrogen (secondary N) is 6. The maximum atomic E-state index is 14.3. The summed E-state index contributed by atoms with van der Waals surface area (Å²) < 4.78 is 0. The van der Waals surface area contributed by atoms with Crippen LogP contribution >= 0.6 is 0 Å². The van der Waals surface area contributed by atoms with Crippen LogP contribution in [-0.4, -0.2) is 169 Å². The number of unbranched alkanes of at least 4 members (excludes halogenated alkanes) is 5. The molecule has 0 aliphatic carbocycles. The van der Waals surface area contributed by atoms with Gasteiger partial charge >= 0.3 is 0 Å². The fourth-order valence-electron chi connectivity index (χ4n) is 10.5. The molecule has 4 saturated heterocycles. The molecule has 2 aromatic carbocycles. The molecular formula is C54H80N10O8. The third-order valence-corrected chi connectivity index (χ3v) is 15.1. The van der Waals surface area contributed by atoms with Crippen molar-refractivity contribution in [1.82, 2.24) is 51.5 Å². The molecule has 8 amide bonds. The maximum Gasteiger partial charge on any atom is 0.247 e. The van der Waals surface area contributed by atoms with Crippen LogP contribution in [0.25, 0.3) is 0 Å². The fraction of sp³-hybridized carbons (Fsp3) is 0.630. The molecule has 4 fully saturated rings. The first-order valence-electron chi connectivity index (χ1n) is 26.6. The molecule has 394 valence electrons. The van der Waals surface area contributed by atoms with E-state index < -0.39 is 36.3 Å². The predicted molar refractivity (Wildman–Crippen MR) is 274 cm³/mol. The van der Waals surface area contributed by atoms with Crippen LogP contribution in [0.1, 0.15) is 115 Å². The summed E-state index contributed by atoms with van der Waals surface area (Å²) in [5.41, 5.74) is 2.21. The topological polar surface area (TPSA) is 222 Å². The summed E-state index contributed by atoms with van der Waals surface area (Å²) >= 11 is 0. The number of likely N-dealkylation sites (N-methyl/N-ethyl adjacent to an activating group) is 2. The summed E-state index contributed by atoms with van der Waals surface area (Å²) in [5, 5.41) is 17.6. The van der Waals surface area contributed by atoms with E-state index in [1.54, 1.807) is 47.5 Å². The molecule has 8 atom stereocenters. The minimum atomic E-state index is -0.995. The number of hydrogen-bond acceptors (Lipinski definition) is 10. The first kappa shape index (κ1) is 55.4. The molecule has 6 rings (SSSR count). The lowest BCUT2D eigenvalue weighted by Gasteiger charge is -2.39. The highest BCUT2D eigenvalue weighted by atomic mass is 16.2. The van der Waals surface area contributed by atoms with Crippen molar-refractivity contribution in [2.45, 2.75) is 165 Å². The van der Waals surface area contributed by atoms with Gasteiger partial charge in [0.2, 0.25) is 47.3 Å². The van der Waals surface area contributed by atoms with Crippen molar-refractivity contribution in [1.29, 1.82) is 0 Å². The number of amides is 8. The first-order valence-corrected chi connectivity index (χ1v) is 26.6. The Hall–Kier alpha value is -5.88. The number of carbonyl (C=O) groups is 8. The third kappa shape index (κ3) is 15.3. The Morgan fingerprint density at radius 2 is 0.903 bits per heavy atom. The maximum absolute atomic E-state index is 14.3. The lowest BCUT2D eigenvalue weighted by atomic mass is 10.0. The quantitative estimate of drug-likeness (QED) is 0.0892. The summed E-state index contributed by atoms with van der Waals surface area (Å²) in [6, 6.07) is 14.9. The smallest absolute Gasteiger partial charge is 0.247 e. The third-order valence-electron chi connectivity index (χ3n) is 15.1. The van der Waals surface area contributed by atoms with Crippen molar-refractivity contribution < 1.29 is 38.4 Å². The summed E-state index contributed by atoms with van der Waals surface area (Å²) in [7, 11) is 3.32. The number of rotatable bonds is 23. The molecule has 0 aromatic heterocycles. The SMILES string of the molecule is CN[C@@H](C)C(=O)N[C@H]1CN(C(=O)CCCCCCCCC(=O)N2CC[C@H]3CC[C@@H](C(=O)NCCc4ccccc4)N3C(=O)[C@@H](NC(=O)[C@H](C)NC)C2)CC[C@H]2CCC(C(=O)NCCc3ccccc3)N2C1=O. The normalized spacial score (nSPS) is 23.1. The molecule has 1 unspecified atom stereocenters. The summed E-state index contributed by atoms with van der Waals surface area (Å²) in [6.07, 6.45) is 10.0. The molecule has 0 saturated carbocycles. The highest BCUT2D eigenvalue weighted by Crippen LogP contribution is 2.31. The van der Waals surface area contributed by atoms with Crippen molar-refractivity contribution in [2.24, 2.45) is 0 Å². The predicted octanol–water partition coefficient (Wildman–Crippen LogP) is 2.19. The Balaban J connectivity index is 0.946. The molecule has 72 heavy (non-hydrogen) atoms. The Morgan fingerprint density at radius 3 is 1.28 bits per heavy atom. The standard InChI is InChI=1S/C54H80N10O8/c1-37(55-3)49(67)59-43-35-61(33-29-41-23-25-45(63(41)53(43)71)51(69)57-31-27-39-17-11-9-12-18-39)47(65)21-15-7-5-6-8-16-22-48(66)62-34-30-42-24-26-46(52(70)58-32-28-40-19-13-10-14-20-40)64(42)54(72)44(36-62)60-50(68)38(2)56-4/h9-14,17-20,37-38,41-46,55-56H,5-8,15-16,21-36H2,1-4H3,(H,57,69)(H,58,70)(H,59,67)(H,60,68)/t37-,38-,41+,42+,43-,44-,45-,46?/m0/s1. The lowest BCUT2D eigenvalue weighted by molar-refractivity contribution is -0.147. The summed E-state index contributed by atoms with van der Waals surface area (Å²) in [5.74, 6) is -1.96. The molecule has 0 spiro atoms. The van der Waals surface area contributed by atoms with E-state index in [2.05, 4.69) is 31.9 Å². The van der Waals surface area contributed by atoms with Gasteiger partial charge in [-0.3, -0.25) is 38.4 Å². The first-order chi connectivity index (χ1) is 34.8. The minimum Gasteiger partial charge on any atom is -0.354 e. The van der Waals surface area contributed by atoms with Gasteiger partial charge in [0.25, 0.3) is 0 Å². The van der Waals surface area contributed by atoms with Gasteiger partial charge in [-0.2, -0.15) is 0 Å². The highest BCUT2D eigenvalue weighted by Gasteiger charge is 2.47. The molecule has 18 heteroatoms. The van der Waals surface area contributed by atoms with E-state index in [0.29, 0.717) is 103 Å². The summed E-state index contributed by atoms with van der Waals surface area (Å²) in [6.45, 7) is 5.17. The van der Waals surface area contributed by atoms with Gasteiger partial charge in [-0.05, 0) is 103 Å². The monoisotopic (exact) mass is 997 g/mol. The number of hydrogen-bond donors (Lipinski definition) is 6. The van der Waals surface area contributed by atoms with Crippen molar-refractivity contribution in [3.63, 3.8) is 0 Å². The van der Waals surface area contributed by atoms with Crippen molar-refractivity contribution >= 4 is 47.3 Å². The van der Waals surface area contributed by atoms with Gasteiger partial charge in [-0.1, -0.05) is 86.3 Å². The van der Waals surface area contributed by atoms with Gasteiger partial charge in [0.1, 0.15) is 24.2 Å². The van der Waals surface area contributed by atoms with Crippen LogP contribution in [0.3, 0.4) is 0 Å². The molecule has 4 aliphatic rings. The van der Waals surface area contributed by atoms with Crippen LogP contribution in [-0.2, 0) is 51.2 Å². The van der Waals surface area contributed by atoms with Gasteiger partial charge in [0, 0.05) is 64.2 Å². The van der Waals surface area contributed by atoms with Gasteiger partial charge in [0.05, 0.1) is 12.1 Å². The summed E-state index contributed by atoms with van der Waals surface area (Å²) in [4.78, 5) is 116. The van der Waals surface area contributed by atoms with Crippen LogP contribution in [0.15, 0.2) is 60.7 Å². The molecule has 4 heterocycles. The van der Waals surface area contributed by atoms with E-state index in [0.717, 1.165) is 36.8 Å². The molecule has 18 nitrogen and oxygen atoms in total. The van der Waals surface area contributed by atoms with E-state index in [-0.39, 0.29) is 72.4 Å². The minimum absolute atomic E-state index is 0.0267. The number of carbonyl (C=O) groups excluding carboxylic acids is 8. The average Bonchev–Trinajstić information content (AvgIpc) is 4.01. The second kappa shape index (κ2) is 27.8. The van der Waals surface area contributed by atoms with E-state index in [1.165, 1.54) is 0 Å². The number of benzene rings is 2. The molecule has 0 radical (unpaired) electrons.